The van der Waals surface area contributed by atoms with Gasteiger partial charge < -0.3 is 11.1 Å². The van der Waals surface area contributed by atoms with Crippen molar-refractivity contribution in [3.8, 4) is 0 Å². The first-order chi connectivity index (χ1) is 10.1. The van der Waals surface area contributed by atoms with Gasteiger partial charge >= 0.3 is 0 Å². The smallest absolute Gasteiger partial charge is 0.220 e. The third-order valence-electron chi connectivity index (χ3n) is 4.12. The van der Waals surface area contributed by atoms with Crippen molar-refractivity contribution in [3.63, 3.8) is 0 Å². The molecular formula is C17H27ClN2OS. The molecule has 0 radical (unpaired) electrons. The minimum absolute atomic E-state index is 0. The maximum Gasteiger partial charge on any atom is 0.220 e. The van der Waals surface area contributed by atoms with Gasteiger partial charge in [-0.15, -0.1) is 12.4 Å². The molecule has 0 aliphatic heterocycles. The van der Waals surface area contributed by atoms with Crippen molar-refractivity contribution in [1.29, 1.82) is 0 Å². The summed E-state index contributed by atoms with van der Waals surface area (Å²) in [4.78, 5) is 11.8. The second-order valence-corrected chi connectivity index (χ2v) is 7.05. The van der Waals surface area contributed by atoms with Crippen LogP contribution in [0.5, 0.6) is 0 Å². The Morgan fingerprint density at radius 2 is 2.05 bits per heavy atom. The maximum absolute atomic E-state index is 11.8. The number of aryl methyl sites for hydroxylation is 1. The van der Waals surface area contributed by atoms with E-state index in [2.05, 4.69) is 36.5 Å². The standard InChI is InChI=1S/C17H26N2OS.ClH/c1-13-5-7-14(8-6-13)12-21-10-9-19-17(20)11-15-3-2-4-16(15)18;/h5-8,15-16H,2-4,9-12,18H2,1H3,(H,19,20);1H/t15-,16+;/m0./s1. The van der Waals surface area contributed by atoms with Crippen molar-refractivity contribution in [1.82, 2.24) is 5.32 Å². The minimum Gasteiger partial charge on any atom is -0.355 e. The van der Waals surface area contributed by atoms with E-state index in [0.29, 0.717) is 12.3 Å². The zero-order chi connectivity index (χ0) is 15.1. The lowest BCUT2D eigenvalue weighted by Crippen LogP contribution is -2.32. The topological polar surface area (TPSA) is 55.1 Å². The van der Waals surface area contributed by atoms with Crippen molar-refractivity contribution < 1.29 is 4.79 Å². The first-order valence-corrected chi connectivity index (χ1v) is 8.96. The van der Waals surface area contributed by atoms with Gasteiger partial charge in [0.2, 0.25) is 5.91 Å². The number of hydrogen-bond acceptors (Lipinski definition) is 3. The summed E-state index contributed by atoms with van der Waals surface area (Å²) < 4.78 is 0. The van der Waals surface area contributed by atoms with Crippen molar-refractivity contribution in [2.24, 2.45) is 11.7 Å². The normalized spacial score (nSPS) is 20.5. The molecule has 1 saturated carbocycles. The van der Waals surface area contributed by atoms with Gasteiger partial charge in [-0.3, -0.25) is 4.79 Å². The summed E-state index contributed by atoms with van der Waals surface area (Å²) in [5.41, 5.74) is 8.63. The van der Waals surface area contributed by atoms with Gasteiger partial charge in [-0.1, -0.05) is 36.2 Å². The van der Waals surface area contributed by atoms with Gasteiger partial charge in [0.1, 0.15) is 0 Å². The molecule has 1 amide bonds. The number of halogens is 1. The van der Waals surface area contributed by atoms with Crippen molar-refractivity contribution >= 4 is 30.1 Å². The van der Waals surface area contributed by atoms with Gasteiger partial charge in [0.15, 0.2) is 0 Å². The van der Waals surface area contributed by atoms with Crippen LogP contribution in [0, 0.1) is 12.8 Å². The van der Waals surface area contributed by atoms with Crippen LogP contribution in [0.25, 0.3) is 0 Å². The molecule has 1 aliphatic rings. The van der Waals surface area contributed by atoms with Crippen LogP contribution in [-0.4, -0.2) is 24.2 Å². The van der Waals surface area contributed by atoms with E-state index >= 15 is 0 Å². The lowest BCUT2D eigenvalue weighted by atomic mass is 10.00. The first kappa shape index (κ1) is 19.3. The largest absolute Gasteiger partial charge is 0.355 e. The Kier molecular flexibility index (Phi) is 8.91. The molecule has 1 aliphatic carbocycles. The number of hydrogen-bond donors (Lipinski definition) is 2. The molecule has 1 aromatic carbocycles. The zero-order valence-electron chi connectivity index (χ0n) is 13.2. The fourth-order valence-electron chi connectivity index (χ4n) is 2.77. The SMILES string of the molecule is Cc1ccc(CSCCNC(=O)C[C@@H]2CCC[C@H]2N)cc1.Cl. The molecule has 5 heteroatoms. The lowest BCUT2D eigenvalue weighted by Gasteiger charge is -2.14. The molecule has 0 unspecified atom stereocenters. The van der Waals surface area contributed by atoms with Gasteiger partial charge in [-0.25, -0.2) is 0 Å². The second-order valence-electron chi connectivity index (χ2n) is 5.95. The van der Waals surface area contributed by atoms with Crippen LogP contribution in [-0.2, 0) is 10.5 Å². The van der Waals surface area contributed by atoms with E-state index in [-0.39, 0.29) is 24.4 Å². The Morgan fingerprint density at radius 3 is 2.68 bits per heavy atom. The minimum atomic E-state index is 0. The van der Waals surface area contributed by atoms with E-state index in [0.717, 1.165) is 30.9 Å². The maximum atomic E-state index is 11.8. The van der Waals surface area contributed by atoms with Crippen LogP contribution < -0.4 is 11.1 Å². The molecule has 22 heavy (non-hydrogen) atoms. The molecule has 0 saturated heterocycles. The van der Waals surface area contributed by atoms with Crippen molar-refractivity contribution in [3.05, 3.63) is 35.4 Å². The summed E-state index contributed by atoms with van der Waals surface area (Å²) >= 11 is 1.86. The summed E-state index contributed by atoms with van der Waals surface area (Å²) in [6.45, 7) is 2.85. The number of carbonyl (C=O) groups is 1. The molecule has 0 aromatic heterocycles. The van der Waals surface area contributed by atoms with Crippen LogP contribution in [0.1, 0.15) is 36.8 Å². The summed E-state index contributed by atoms with van der Waals surface area (Å²) in [6.07, 6.45) is 3.95. The Morgan fingerprint density at radius 1 is 1.32 bits per heavy atom. The van der Waals surface area contributed by atoms with Gasteiger partial charge in [-0.2, -0.15) is 11.8 Å². The Balaban J connectivity index is 0.00000242. The monoisotopic (exact) mass is 342 g/mol. The van der Waals surface area contributed by atoms with Crippen LogP contribution in [0.15, 0.2) is 24.3 Å². The fourth-order valence-corrected chi connectivity index (χ4v) is 3.59. The summed E-state index contributed by atoms with van der Waals surface area (Å²) in [5.74, 6) is 2.51. The summed E-state index contributed by atoms with van der Waals surface area (Å²) in [7, 11) is 0. The molecule has 1 aromatic rings. The molecule has 3 nitrogen and oxygen atoms in total. The molecule has 2 atom stereocenters. The third kappa shape index (κ3) is 6.59. The van der Waals surface area contributed by atoms with E-state index in [1.54, 1.807) is 0 Å². The molecule has 124 valence electrons. The summed E-state index contributed by atoms with van der Waals surface area (Å²) in [5, 5.41) is 3.01. The summed E-state index contributed by atoms with van der Waals surface area (Å²) in [6, 6.07) is 8.85. The Hall–Kier alpha value is -0.710. The molecule has 2 rings (SSSR count). The molecule has 1 fully saturated rings. The van der Waals surface area contributed by atoms with Crippen LogP contribution in [0.4, 0.5) is 0 Å². The highest BCUT2D eigenvalue weighted by atomic mass is 35.5. The molecule has 0 bridgehead atoms. The van der Waals surface area contributed by atoms with Gasteiger partial charge in [0, 0.05) is 30.5 Å². The second kappa shape index (κ2) is 10.1. The van der Waals surface area contributed by atoms with Crippen LogP contribution in [0.3, 0.4) is 0 Å². The highest BCUT2D eigenvalue weighted by Gasteiger charge is 2.25. The Labute approximate surface area is 144 Å². The predicted molar refractivity (Wildman–Crippen MR) is 97.5 cm³/mol. The fraction of sp³-hybridized carbons (Fsp3) is 0.588. The van der Waals surface area contributed by atoms with E-state index in [1.807, 2.05) is 11.8 Å². The lowest BCUT2D eigenvalue weighted by molar-refractivity contribution is -0.121. The first-order valence-electron chi connectivity index (χ1n) is 7.80. The number of amides is 1. The van der Waals surface area contributed by atoms with Gasteiger partial charge in [0.25, 0.3) is 0 Å². The van der Waals surface area contributed by atoms with Crippen LogP contribution in [0.2, 0.25) is 0 Å². The van der Waals surface area contributed by atoms with Crippen molar-refractivity contribution in [2.75, 3.05) is 12.3 Å². The number of thioether (sulfide) groups is 1. The zero-order valence-corrected chi connectivity index (χ0v) is 14.8. The van der Waals surface area contributed by atoms with Gasteiger partial charge in [-0.05, 0) is 31.2 Å². The molecule has 0 spiro atoms. The quantitative estimate of drug-likeness (QED) is 0.748. The van der Waals surface area contributed by atoms with E-state index < -0.39 is 0 Å². The van der Waals surface area contributed by atoms with E-state index in [1.165, 1.54) is 17.5 Å². The highest BCUT2D eigenvalue weighted by Crippen LogP contribution is 2.26. The average molecular weight is 343 g/mol. The third-order valence-corrected chi connectivity index (χ3v) is 5.15. The molecule has 0 heterocycles. The van der Waals surface area contributed by atoms with Crippen molar-refractivity contribution in [2.45, 2.75) is 44.4 Å². The number of carbonyl (C=O) groups excluding carboxylic acids is 1. The molecule has 3 N–H and O–H groups in total. The number of rotatable bonds is 7. The van der Waals surface area contributed by atoms with Crippen LogP contribution >= 0.6 is 24.2 Å². The Bertz CT molecular complexity index is 452. The van der Waals surface area contributed by atoms with E-state index in [4.69, 9.17) is 5.73 Å². The predicted octanol–water partition coefficient (Wildman–Crippen LogP) is 3.28. The number of nitrogens with two attached hydrogens (primary N) is 1. The molecular weight excluding hydrogens is 316 g/mol. The van der Waals surface area contributed by atoms with E-state index in [9.17, 15) is 4.79 Å². The average Bonchev–Trinajstić information content (AvgIpc) is 2.86. The number of nitrogens with one attached hydrogen (secondary N) is 1. The van der Waals surface area contributed by atoms with Gasteiger partial charge in [0.05, 0.1) is 0 Å². The number of benzene rings is 1. The highest BCUT2D eigenvalue weighted by molar-refractivity contribution is 7.98.